The number of carboxylic acid groups (broad SMARTS) is 1. The summed E-state index contributed by atoms with van der Waals surface area (Å²) in [5, 5.41) is 9.79. The molecular formula is C16H16ClN3O3. The number of anilines is 1. The molecule has 23 heavy (non-hydrogen) atoms. The van der Waals surface area contributed by atoms with Crippen molar-refractivity contribution in [1.29, 1.82) is 0 Å². The van der Waals surface area contributed by atoms with E-state index in [2.05, 4.69) is 4.98 Å². The average Bonchev–Trinajstić information content (AvgIpc) is 2.94. The number of nitrogen functional groups attached to an aromatic ring is 1. The first-order valence-electron chi connectivity index (χ1n) is 7.36. The Balaban J connectivity index is 2.29. The number of hydrogen-bond donors (Lipinski definition) is 2. The number of aryl methyl sites for hydroxylation is 1. The van der Waals surface area contributed by atoms with Gasteiger partial charge in [0.05, 0.1) is 5.69 Å². The molecule has 3 rings (SSSR count). The zero-order valence-corrected chi connectivity index (χ0v) is 13.3. The lowest BCUT2D eigenvalue weighted by molar-refractivity contribution is -0.140. The van der Waals surface area contributed by atoms with Gasteiger partial charge >= 0.3 is 5.97 Å². The molecule has 1 aromatic heterocycles. The Morgan fingerprint density at radius 2 is 2.26 bits per heavy atom. The Hall–Kier alpha value is -2.34. The molecule has 2 aromatic rings. The minimum absolute atomic E-state index is 0.309. The second kappa shape index (κ2) is 5.70. The van der Waals surface area contributed by atoms with Gasteiger partial charge < -0.3 is 10.8 Å². The van der Waals surface area contributed by atoms with E-state index in [9.17, 15) is 14.7 Å². The van der Waals surface area contributed by atoms with Crippen molar-refractivity contribution in [3.8, 4) is 11.3 Å². The highest BCUT2D eigenvalue weighted by molar-refractivity contribution is 6.31. The van der Waals surface area contributed by atoms with E-state index >= 15 is 0 Å². The zero-order valence-electron chi connectivity index (χ0n) is 12.5. The van der Waals surface area contributed by atoms with Crippen LogP contribution in [0.2, 0.25) is 5.02 Å². The van der Waals surface area contributed by atoms with Gasteiger partial charge in [0.25, 0.3) is 5.56 Å². The second-order valence-corrected chi connectivity index (χ2v) is 5.94. The first kappa shape index (κ1) is 15.6. The Morgan fingerprint density at radius 1 is 1.52 bits per heavy atom. The second-order valence-electron chi connectivity index (χ2n) is 5.51. The summed E-state index contributed by atoms with van der Waals surface area (Å²) in [6, 6.07) is 4.18. The van der Waals surface area contributed by atoms with Gasteiger partial charge in [-0.15, -0.1) is 0 Å². The summed E-state index contributed by atoms with van der Waals surface area (Å²) in [6.45, 7) is 1.83. The van der Waals surface area contributed by atoms with Crippen molar-refractivity contribution in [2.24, 2.45) is 0 Å². The first-order chi connectivity index (χ1) is 10.9. The number of aliphatic carboxylic acids is 1. The third kappa shape index (κ3) is 2.49. The Labute approximate surface area is 137 Å². The number of carboxylic acids is 1. The van der Waals surface area contributed by atoms with Crippen LogP contribution in [-0.4, -0.2) is 20.6 Å². The molecular weight excluding hydrogens is 318 g/mol. The SMILES string of the molecule is CCc1c(-c2cc(Cl)ccc2N)nc2n(c1=O)[C@H](C(=O)O)CC2. The van der Waals surface area contributed by atoms with Gasteiger partial charge in [0.2, 0.25) is 0 Å². The molecule has 0 unspecified atom stereocenters. The maximum absolute atomic E-state index is 12.8. The number of rotatable bonds is 3. The van der Waals surface area contributed by atoms with Crippen LogP contribution < -0.4 is 11.3 Å². The fourth-order valence-electron chi connectivity index (χ4n) is 3.02. The van der Waals surface area contributed by atoms with Gasteiger partial charge in [0.15, 0.2) is 0 Å². The van der Waals surface area contributed by atoms with Gasteiger partial charge in [0, 0.05) is 28.3 Å². The number of nitrogens with two attached hydrogens (primary N) is 1. The predicted octanol–water partition coefficient (Wildman–Crippen LogP) is 2.28. The van der Waals surface area contributed by atoms with Crippen LogP contribution in [0.25, 0.3) is 11.3 Å². The molecule has 0 aliphatic carbocycles. The molecule has 1 aliphatic heterocycles. The fourth-order valence-corrected chi connectivity index (χ4v) is 3.19. The van der Waals surface area contributed by atoms with E-state index in [0.717, 1.165) is 0 Å². The van der Waals surface area contributed by atoms with Gasteiger partial charge in [-0.05, 0) is 31.0 Å². The molecule has 0 radical (unpaired) electrons. The third-order valence-corrected chi connectivity index (χ3v) is 4.38. The van der Waals surface area contributed by atoms with Gasteiger partial charge in [-0.1, -0.05) is 18.5 Å². The Bertz CT molecular complexity index is 860. The van der Waals surface area contributed by atoms with Crippen LogP contribution in [0.3, 0.4) is 0 Å². The van der Waals surface area contributed by atoms with E-state index < -0.39 is 12.0 Å². The molecule has 6 nitrogen and oxygen atoms in total. The monoisotopic (exact) mass is 333 g/mol. The van der Waals surface area contributed by atoms with Gasteiger partial charge in [-0.2, -0.15) is 0 Å². The highest BCUT2D eigenvalue weighted by Gasteiger charge is 2.32. The van der Waals surface area contributed by atoms with Crippen LogP contribution in [-0.2, 0) is 17.6 Å². The van der Waals surface area contributed by atoms with E-state index in [-0.39, 0.29) is 5.56 Å². The largest absolute Gasteiger partial charge is 0.480 e. The zero-order chi connectivity index (χ0) is 16.7. The number of nitrogens with zero attached hydrogens (tertiary/aromatic N) is 2. The van der Waals surface area contributed by atoms with E-state index in [1.165, 1.54) is 4.57 Å². The summed E-state index contributed by atoms with van der Waals surface area (Å²) in [7, 11) is 0. The van der Waals surface area contributed by atoms with Crippen molar-refractivity contribution in [3.63, 3.8) is 0 Å². The summed E-state index contributed by atoms with van der Waals surface area (Å²) < 4.78 is 1.30. The van der Waals surface area contributed by atoms with Crippen molar-refractivity contribution < 1.29 is 9.90 Å². The third-order valence-electron chi connectivity index (χ3n) is 4.14. The topological polar surface area (TPSA) is 98.2 Å². The fraction of sp³-hybridized carbons (Fsp3) is 0.312. The summed E-state index contributed by atoms with van der Waals surface area (Å²) in [6.07, 6.45) is 1.25. The van der Waals surface area contributed by atoms with Crippen LogP contribution in [0.1, 0.15) is 30.8 Å². The molecule has 0 bridgehead atoms. The molecule has 3 N–H and O–H groups in total. The van der Waals surface area contributed by atoms with Crippen molar-refractivity contribution >= 4 is 23.3 Å². The molecule has 0 fully saturated rings. The smallest absolute Gasteiger partial charge is 0.326 e. The van der Waals surface area contributed by atoms with Crippen molar-refractivity contribution in [2.45, 2.75) is 32.2 Å². The minimum Gasteiger partial charge on any atom is -0.480 e. The minimum atomic E-state index is -1.01. The normalized spacial score (nSPS) is 16.3. The average molecular weight is 334 g/mol. The number of carbonyl (C=O) groups is 1. The van der Waals surface area contributed by atoms with Crippen LogP contribution >= 0.6 is 11.6 Å². The van der Waals surface area contributed by atoms with Crippen LogP contribution in [0.15, 0.2) is 23.0 Å². The highest BCUT2D eigenvalue weighted by Crippen LogP contribution is 2.32. The van der Waals surface area contributed by atoms with Gasteiger partial charge in [-0.3, -0.25) is 9.36 Å². The summed E-state index contributed by atoms with van der Waals surface area (Å²) >= 11 is 6.04. The molecule has 1 aliphatic rings. The quantitative estimate of drug-likeness (QED) is 0.840. The molecule has 0 saturated heterocycles. The lowest BCUT2D eigenvalue weighted by atomic mass is 10.0. The Kier molecular flexibility index (Phi) is 3.85. The molecule has 1 aromatic carbocycles. The van der Waals surface area contributed by atoms with Crippen LogP contribution in [0.5, 0.6) is 0 Å². The predicted molar refractivity (Wildman–Crippen MR) is 87.7 cm³/mol. The van der Waals surface area contributed by atoms with Crippen molar-refractivity contribution in [1.82, 2.24) is 9.55 Å². The molecule has 7 heteroatoms. The van der Waals surface area contributed by atoms with Gasteiger partial charge in [-0.25, -0.2) is 9.78 Å². The molecule has 1 atom stereocenters. The van der Waals surface area contributed by atoms with E-state index in [0.29, 0.717) is 52.6 Å². The number of aromatic nitrogens is 2. The molecule has 2 heterocycles. The Morgan fingerprint density at radius 3 is 2.91 bits per heavy atom. The van der Waals surface area contributed by atoms with Crippen molar-refractivity contribution in [3.05, 3.63) is 45.0 Å². The number of benzene rings is 1. The lowest BCUT2D eigenvalue weighted by Crippen LogP contribution is -2.31. The van der Waals surface area contributed by atoms with Crippen LogP contribution in [0.4, 0.5) is 5.69 Å². The maximum Gasteiger partial charge on any atom is 0.326 e. The van der Waals surface area contributed by atoms with Gasteiger partial charge in [0.1, 0.15) is 11.9 Å². The molecule has 0 amide bonds. The summed E-state index contributed by atoms with van der Waals surface area (Å²) in [5.74, 6) is -0.529. The summed E-state index contributed by atoms with van der Waals surface area (Å²) in [4.78, 5) is 28.7. The van der Waals surface area contributed by atoms with Crippen LogP contribution in [0, 0.1) is 0 Å². The lowest BCUT2D eigenvalue weighted by Gasteiger charge is -2.15. The number of halogens is 1. The van der Waals surface area contributed by atoms with E-state index in [1.54, 1.807) is 18.2 Å². The van der Waals surface area contributed by atoms with E-state index in [1.807, 2.05) is 6.92 Å². The van der Waals surface area contributed by atoms with E-state index in [4.69, 9.17) is 17.3 Å². The maximum atomic E-state index is 12.8. The molecule has 120 valence electrons. The number of hydrogen-bond acceptors (Lipinski definition) is 4. The first-order valence-corrected chi connectivity index (χ1v) is 7.74. The molecule has 0 saturated carbocycles. The number of fused-ring (bicyclic) bond motifs is 1. The molecule has 0 spiro atoms. The standard InChI is InChI=1S/C16H16ClN3O3/c1-2-9-14(10-7-8(17)3-4-11(10)18)19-13-6-5-12(16(22)23)20(13)15(9)21/h3-4,7,12H,2,5-6,18H2,1H3,(H,22,23)/t12-/m0/s1. The highest BCUT2D eigenvalue weighted by atomic mass is 35.5. The summed E-state index contributed by atoms with van der Waals surface area (Å²) in [5.41, 5.74) is 7.74. The van der Waals surface area contributed by atoms with Crippen molar-refractivity contribution in [2.75, 3.05) is 5.73 Å².